The maximum Gasteiger partial charge on any atom is 0.278 e. The van der Waals surface area contributed by atoms with Crippen molar-refractivity contribution in [3.05, 3.63) is 56.4 Å². The van der Waals surface area contributed by atoms with E-state index in [2.05, 4.69) is 4.98 Å². The molecule has 2 rings (SSSR count). The molecule has 0 amide bonds. The van der Waals surface area contributed by atoms with E-state index in [0.717, 1.165) is 4.90 Å². The first kappa shape index (κ1) is 15.6. The third kappa shape index (κ3) is 3.46. The molecule has 0 radical (unpaired) electrons. The minimum absolute atomic E-state index is 0.129. The third-order valence-corrected chi connectivity index (χ3v) is 4.43. The zero-order chi connectivity index (χ0) is 15.6. The van der Waals surface area contributed by atoms with E-state index >= 15 is 0 Å². The molecule has 2 aromatic rings. The van der Waals surface area contributed by atoms with E-state index in [0.29, 0.717) is 33.3 Å². The minimum Gasteiger partial charge on any atom is -0.398 e. The number of nitro groups is 1. The highest BCUT2D eigenvalue weighted by atomic mass is 35.5. The molecule has 0 unspecified atom stereocenters. The van der Waals surface area contributed by atoms with Crippen LogP contribution in [0.2, 0.25) is 5.02 Å². The fourth-order valence-corrected chi connectivity index (χ4v) is 3.14. The van der Waals surface area contributed by atoms with Crippen LogP contribution in [0.3, 0.4) is 0 Å². The van der Waals surface area contributed by atoms with Gasteiger partial charge >= 0.3 is 0 Å². The number of halogens is 1. The lowest BCUT2D eigenvalue weighted by Crippen LogP contribution is -2.01. The fraction of sp³-hybridized carbons (Fsp3) is 0.214. The minimum atomic E-state index is -0.364. The molecule has 1 aromatic carbocycles. The number of rotatable bonds is 4. The molecule has 1 aromatic heterocycles. The molecule has 0 atom stereocenters. The topological polar surface area (TPSA) is 82.0 Å². The van der Waals surface area contributed by atoms with Crippen molar-refractivity contribution in [2.75, 3.05) is 5.73 Å². The fourth-order valence-electron chi connectivity index (χ4n) is 1.99. The van der Waals surface area contributed by atoms with Gasteiger partial charge in [0.25, 0.3) is 5.69 Å². The van der Waals surface area contributed by atoms with Crippen molar-refractivity contribution in [1.82, 2.24) is 4.98 Å². The third-order valence-electron chi connectivity index (χ3n) is 3.09. The van der Waals surface area contributed by atoms with E-state index in [1.165, 1.54) is 18.0 Å². The van der Waals surface area contributed by atoms with Gasteiger partial charge in [0.05, 0.1) is 10.6 Å². The van der Waals surface area contributed by atoms with Crippen molar-refractivity contribution < 1.29 is 4.92 Å². The summed E-state index contributed by atoms with van der Waals surface area (Å²) < 4.78 is 0. The lowest BCUT2D eigenvalue weighted by atomic mass is 10.1. The Morgan fingerprint density at radius 2 is 2.14 bits per heavy atom. The first-order valence-electron chi connectivity index (χ1n) is 6.17. The van der Waals surface area contributed by atoms with Gasteiger partial charge in [0, 0.05) is 38.7 Å². The molecule has 2 N–H and O–H groups in total. The van der Waals surface area contributed by atoms with E-state index in [-0.39, 0.29) is 10.6 Å². The van der Waals surface area contributed by atoms with Crippen LogP contribution in [0.15, 0.2) is 29.3 Å². The summed E-state index contributed by atoms with van der Waals surface area (Å²) >= 11 is 7.34. The van der Waals surface area contributed by atoms with Crippen LogP contribution in [-0.2, 0) is 5.75 Å². The number of hydrogen-bond donors (Lipinski definition) is 1. The van der Waals surface area contributed by atoms with Crippen molar-refractivity contribution >= 4 is 34.7 Å². The molecular weight excluding hydrogens is 310 g/mol. The molecule has 0 fully saturated rings. The number of nitrogens with two attached hydrogens (primary N) is 1. The molecule has 0 bridgehead atoms. The monoisotopic (exact) mass is 323 g/mol. The Labute approximate surface area is 131 Å². The van der Waals surface area contributed by atoms with Gasteiger partial charge in [0.2, 0.25) is 0 Å². The first-order valence-corrected chi connectivity index (χ1v) is 7.53. The summed E-state index contributed by atoms with van der Waals surface area (Å²) in [6.45, 7) is 3.41. The standard InChI is InChI=1S/C14H14ClN3O2S/c1-8-6-17-12(9(2)14(8)18(19)20)7-21-13-4-3-10(15)5-11(13)16/h3-6H,7,16H2,1-2H3. The molecule has 21 heavy (non-hydrogen) atoms. The molecule has 1 heterocycles. The molecule has 0 spiro atoms. The maximum absolute atomic E-state index is 11.1. The molecule has 0 aliphatic heterocycles. The van der Waals surface area contributed by atoms with Crippen molar-refractivity contribution in [3.8, 4) is 0 Å². The van der Waals surface area contributed by atoms with Crippen molar-refractivity contribution in [3.63, 3.8) is 0 Å². The highest BCUT2D eigenvalue weighted by Gasteiger charge is 2.18. The quantitative estimate of drug-likeness (QED) is 0.396. The second-order valence-corrected chi connectivity index (χ2v) is 6.04. The van der Waals surface area contributed by atoms with Gasteiger partial charge in [-0.3, -0.25) is 15.1 Å². The predicted octanol–water partition coefficient (Wildman–Crippen LogP) is 4.13. The molecule has 5 nitrogen and oxygen atoms in total. The number of anilines is 1. The maximum atomic E-state index is 11.1. The zero-order valence-electron chi connectivity index (χ0n) is 11.6. The van der Waals surface area contributed by atoms with Gasteiger partial charge < -0.3 is 5.73 Å². The van der Waals surface area contributed by atoms with Gasteiger partial charge in [-0.25, -0.2) is 0 Å². The molecule has 110 valence electrons. The largest absolute Gasteiger partial charge is 0.398 e. The van der Waals surface area contributed by atoms with Crippen molar-refractivity contribution in [2.24, 2.45) is 0 Å². The number of benzene rings is 1. The number of hydrogen-bond acceptors (Lipinski definition) is 5. The molecular formula is C14H14ClN3O2S. The Kier molecular flexibility index (Phi) is 4.69. The molecule has 0 aliphatic carbocycles. The van der Waals surface area contributed by atoms with Gasteiger partial charge in [-0.15, -0.1) is 11.8 Å². The summed E-state index contributed by atoms with van der Waals surface area (Å²) in [6, 6.07) is 5.28. The van der Waals surface area contributed by atoms with Crippen molar-refractivity contribution in [2.45, 2.75) is 24.5 Å². The number of pyridine rings is 1. The van der Waals surface area contributed by atoms with Gasteiger partial charge in [-0.1, -0.05) is 11.6 Å². The Hall–Kier alpha value is -1.79. The van der Waals surface area contributed by atoms with E-state index in [1.54, 1.807) is 26.0 Å². The summed E-state index contributed by atoms with van der Waals surface area (Å²) in [6.07, 6.45) is 1.53. The van der Waals surface area contributed by atoms with Gasteiger partial charge in [0.1, 0.15) is 0 Å². The second-order valence-electron chi connectivity index (χ2n) is 4.59. The summed E-state index contributed by atoms with van der Waals surface area (Å²) in [4.78, 5) is 15.9. The predicted molar refractivity (Wildman–Crippen MR) is 85.8 cm³/mol. The van der Waals surface area contributed by atoms with Crippen LogP contribution in [-0.4, -0.2) is 9.91 Å². The van der Waals surface area contributed by atoms with E-state index < -0.39 is 0 Å². The zero-order valence-corrected chi connectivity index (χ0v) is 13.2. The highest BCUT2D eigenvalue weighted by molar-refractivity contribution is 7.98. The Morgan fingerprint density at radius 3 is 2.76 bits per heavy atom. The molecule has 0 saturated heterocycles. The number of aryl methyl sites for hydroxylation is 1. The van der Waals surface area contributed by atoms with Gasteiger partial charge in [0.15, 0.2) is 0 Å². The number of nitrogens with zero attached hydrogens (tertiary/aromatic N) is 2. The molecule has 7 heteroatoms. The lowest BCUT2D eigenvalue weighted by Gasteiger charge is -2.09. The SMILES string of the molecule is Cc1cnc(CSc2ccc(Cl)cc2N)c(C)c1[N+](=O)[O-]. The smallest absolute Gasteiger partial charge is 0.278 e. The normalized spacial score (nSPS) is 10.6. The van der Waals surface area contributed by atoms with Crippen LogP contribution < -0.4 is 5.73 Å². The number of thioether (sulfide) groups is 1. The second kappa shape index (κ2) is 6.32. The number of nitrogen functional groups attached to an aromatic ring is 1. The van der Waals surface area contributed by atoms with E-state index in [1.807, 2.05) is 6.07 Å². The van der Waals surface area contributed by atoms with E-state index in [9.17, 15) is 10.1 Å². The van der Waals surface area contributed by atoms with Crippen LogP contribution in [0.4, 0.5) is 11.4 Å². The molecule has 0 aliphatic rings. The van der Waals surface area contributed by atoms with Crippen LogP contribution in [0.1, 0.15) is 16.8 Å². The Morgan fingerprint density at radius 1 is 1.43 bits per heavy atom. The number of aromatic nitrogens is 1. The Bertz CT molecular complexity index is 707. The first-order chi connectivity index (χ1) is 9.90. The Balaban J connectivity index is 2.24. The van der Waals surface area contributed by atoms with Gasteiger partial charge in [-0.05, 0) is 32.0 Å². The van der Waals surface area contributed by atoms with Crippen LogP contribution >= 0.6 is 23.4 Å². The van der Waals surface area contributed by atoms with Crippen LogP contribution in [0.25, 0.3) is 0 Å². The van der Waals surface area contributed by atoms with Crippen LogP contribution in [0.5, 0.6) is 0 Å². The average Bonchev–Trinajstić information content (AvgIpc) is 2.39. The summed E-state index contributed by atoms with van der Waals surface area (Å²) in [5.74, 6) is 0.513. The highest BCUT2D eigenvalue weighted by Crippen LogP contribution is 2.32. The van der Waals surface area contributed by atoms with Gasteiger partial charge in [-0.2, -0.15) is 0 Å². The summed E-state index contributed by atoms with van der Waals surface area (Å²) in [5.41, 5.74) is 8.46. The summed E-state index contributed by atoms with van der Waals surface area (Å²) in [5, 5.41) is 11.7. The van der Waals surface area contributed by atoms with E-state index in [4.69, 9.17) is 17.3 Å². The molecule has 0 saturated carbocycles. The average molecular weight is 324 g/mol. The van der Waals surface area contributed by atoms with Crippen LogP contribution in [0, 0.1) is 24.0 Å². The summed E-state index contributed by atoms with van der Waals surface area (Å²) in [7, 11) is 0. The lowest BCUT2D eigenvalue weighted by molar-refractivity contribution is -0.386. The van der Waals surface area contributed by atoms with Crippen molar-refractivity contribution in [1.29, 1.82) is 0 Å².